The van der Waals surface area contributed by atoms with Gasteiger partial charge in [-0.2, -0.15) is 0 Å². The quantitative estimate of drug-likeness (QED) is 0.783. The fraction of sp³-hybridized carbons (Fsp3) is 0.421. The Labute approximate surface area is 140 Å². The van der Waals surface area contributed by atoms with Crippen LogP contribution in [0.25, 0.3) is 0 Å². The first kappa shape index (κ1) is 15.3. The van der Waals surface area contributed by atoms with Crippen molar-refractivity contribution >= 4 is 17.6 Å². The van der Waals surface area contributed by atoms with Crippen LogP contribution in [0.1, 0.15) is 33.6 Å². The Morgan fingerprint density at radius 1 is 1.12 bits per heavy atom. The van der Waals surface area contributed by atoms with Gasteiger partial charge in [-0.15, -0.1) is 0 Å². The molecule has 1 saturated carbocycles. The highest BCUT2D eigenvalue weighted by Gasteiger charge is 2.65. The van der Waals surface area contributed by atoms with Gasteiger partial charge in [0.2, 0.25) is 0 Å². The lowest BCUT2D eigenvalue weighted by Gasteiger charge is -2.39. The maximum absolute atomic E-state index is 12.8. The molecule has 0 saturated heterocycles. The number of allylic oxidation sites excluding steroid dienone is 2. The summed E-state index contributed by atoms with van der Waals surface area (Å²) in [5.74, 6) is -0.920. The standard InChI is InChI=1S/C19H19NO4/c1-10-8-12-16(13(10)9-20-14(21)4-5-15(20)22)11(2)19(6-7-19)18(3,24)17(12)23/h4-5,8,24H,6-7,9H2,1-3H3/t18-/m0/s1. The largest absolute Gasteiger partial charge is 0.381 e. The average molecular weight is 325 g/mol. The number of amides is 2. The van der Waals surface area contributed by atoms with E-state index in [1.54, 1.807) is 13.0 Å². The molecule has 0 aromatic carbocycles. The van der Waals surface area contributed by atoms with Crippen LogP contribution in [0.4, 0.5) is 0 Å². The van der Waals surface area contributed by atoms with Gasteiger partial charge in [-0.05, 0) is 56.4 Å². The highest BCUT2D eigenvalue weighted by molar-refractivity contribution is 6.14. The molecule has 2 amide bonds. The number of hydrogen-bond donors (Lipinski definition) is 1. The summed E-state index contributed by atoms with van der Waals surface area (Å²) in [5, 5.41) is 10.8. The van der Waals surface area contributed by atoms with E-state index in [1.807, 2.05) is 13.8 Å². The van der Waals surface area contributed by atoms with E-state index < -0.39 is 11.0 Å². The highest BCUT2D eigenvalue weighted by atomic mass is 16.3. The van der Waals surface area contributed by atoms with Crippen molar-refractivity contribution in [2.45, 2.75) is 39.2 Å². The first-order valence-electron chi connectivity index (χ1n) is 8.15. The van der Waals surface area contributed by atoms with Crippen LogP contribution in [0.3, 0.4) is 0 Å². The summed E-state index contributed by atoms with van der Waals surface area (Å²) in [7, 11) is 0. The highest BCUT2D eigenvalue weighted by Crippen LogP contribution is 2.64. The van der Waals surface area contributed by atoms with E-state index in [2.05, 4.69) is 0 Å². The van der Waals surface area contributed by atoms with Gasteiger partial charge in [-0.25, -0.2) is 0 Å². The number of nitrogens with zero attached hydrogens (tertiary/aromatic N) is 1. The zero-order valence-electron chi connectivity index (χ0n) is 14.0. The fourth-order valence-electron chi connectivity index (χ4n) is 4.36. The molecule has 0 radical (unpaired) electrons. The molecule has 124 valence electrons. The third-order valence-corrected chi connectivity index (χ3v) is 6.09. The van der Waals surface area contributed by atoms with E-state index in [-0.39, 0.29) is 24.1 Å². The lowest BCUT2D eigenvalue weighted by atomic mass is 9.67. The molecule has 1 aliphatic heterocycles. The van der Waals surface area contributed by atoms with Crippen LogP contribution >= 0.6 is 0 Å². The van der Waals surface area contributed by atoms with Gasteiger partial charge in [0.05, 0.1) is 6.54 Å². The normalized spacial score (nSPS) is 30.8. The van der Waals surface area contributed by atoms with Crippen molar-refractivity contribution in [2.75, 3.05) is 6.54 Å². The monoisotopic (exact) mass is 325 g/mol. The molecule has 4 aliphatic rings. The van der Waals surface area contributed by atoms with Crippen LogP contribution in [-0.2, 0) is 14.4 Å². The lowest BCUT2D eigenvalue weighted by molar-refractivity contribution is -0.137. The minimum absolute atomic E-state index is 0.161. The van der Waals surface area contributed by atoms with Crippen molar-refractivity contribution in [3.05, 3.63) is 46.1 Å². The van der Waals surface area contributed by atoms with E-state index in [4.69, 9.17) is 0 Å². The predicted molar refractivity (Wildman–Crippen MR) is 86.6 cm³/mol. The van der Waals surface area contributed by atoms with E-state index in [9.17, 15) is 19.5 Å². The Bertz CT molecular complexity index is 829. The number of Topliss-reactive ketones (excluding diaryl/α,β-unsaturated/α-hetero) is 1. The van der Waals surface area contributed by atoms with Gasteiger partial charge < -0.3 is 5.11 Å². The van der Waals surface area contributed by atoms with Gasteiger partial charge in [0.15, 0.2) is 5.78 Å². The molecule has 1 fully saturated rings. The van der Waals surface area contributed by atoms with Crippen molar-refractivity contribution < 1.29 is 19.5 Å². The number of ketones is 1. The number of fused-ring (bicyclic) bond motifs is 1. The number of aliphatic hydroxyl groups is 1. The Balaban J connectivity index is 1.80. The van der Waals surface area contributed by atoms with Crippen molar-refractivity contribution in [2.24, 2.45) is 5.41 Å². The third-order valence-electron chi connectivity index (χ3n) is 6.09. The van der Waals surface area contributed by atoms with Gasteiger partial charge in [-0.1, -0.05) is 5.57 Å². The predicted octanol–water partition coefficient (Wildman–Crippen LogP) is 1.60. The van der Waals surface area contributed by atoms with Gasteiger partial charge >= 0.3 is 0 Å². The molecule has 1 heterocycles. The molecule has 0 aromatic rings. The second-order valence-electron chi connectivity index (χ2n) is 7.30. The van der Waals surface area contributed by atoms with Crippen LogP contribution in [0.15, 0.2) is 46.1 Å². The van der Waals surface area contributed by atoms with Gasteiger partial charge in [0, 0.05) is 23.1 Å². The minimum Gasteiger partial charge on any atom is -0.381 e. The molecule has 0 bridgehead atoms. The molecular weight excluding hydrogens is 306 g/mol. The van der Waals surface area contributed by atoms with E-state index >= 15 is 0 Å². The Morgan fingerprint density at radius 3 is 2.25 bits per heavy atom. The van der Waals surface area contributed by atoms with Crippen LogP contribution in [0.5, 0.6) is 0 Å². The maximum atomic E-state index is 12.8. The maximum Gasteiger partial charge on any atom is 0.253 e. The molecule has 24 heavy (non-hydrogen) atoms. The lowest BCUT2D eigenvalue weighted by Crippen LogP contribution is -2.49. The van der Waals surface area contributed by atoms with E-state index in [1.165, 1.54) is 17.1 Å². The summed E-state index contributed by atoms with van der Waals surface area (Å²) >= 11 is 0. The Morgan fingerprint density at radius 2 is 1.71 bits per heavy atom. The Hall–Kier alpha value is -2.27. The molecule has 1 spiro atoms. The number of carbonyl (C=O) groups excluding carboxylic acids is 3. The molecule has 5 nitrogen and oxygen atoms in total. The summed E-state index contributed by atoms with van der Waals surface area (Å²) in [5.41, 5.74) is 2.16. The third kappa shape index (κ3) is 1.65. The molecule has 1 N–H and O–H groups in total. The molecule has 1 atom stereocenters. The van der Waals surface area contributed by atoms with Crippen molar-refractivity contribution in [3.8, 4) is 0 Å². The molecular formula is C19H19NO4. The van der Waals surface area contributed by atoms with Crippen LogP contribution < -0.4 is 0 Å². The van der Waals surface area contributed by atoms with Crippen molar-refractivity contribution in [3.63, 3.8) is 0 Å². The first-order valence-corrected chi connectivity index (χ1v) is 8.15. The second-order valence-corrected chi connectivity index (χ2v) is 7.30. The fourth-order valence-corrected chi connectivity index (χ4v) is 4.36. The Kier molecular flexibility index (Phi) is 2.81. The van der Waals surface area contributed by atoms with Crippen LogP contribution in [0, 0.1) is 5.41 Å². The van der Waals surface area contributed by atoms with Crippen LogP contribution in [-0.4, -0.2) is 39.7 Å². The number of carbonyl (C=O) groups is 3. The van der Waals surface area contributed by atoms with Crippen LogP contribution in [0.2, 0.25) is 0 Å². The summed E-state index contributed by atoms with van der Waals surface area (Å²) in [6, 6.07) is 0. The SMILES string of the molecule is CC1=C(CN2C(=O)C=CC2=O)C2=C(C)C3(CC3)[C@@](C)(O)C(=O)C2=C1. The van der Waals surface area contributed by atoms with Gasteiger partial charge in [0.25, 0.3) is 11.8 Å². The second kappa shape index (κ2) is 4.42. The number of hydrogen-bond acceptors (Lipinski definition) is 4. The van der Waals surface area contributed by atoms with E-state index in [0.29, 0.717) is 5.57 Å². The van der Waals surface area contributed by atoms with Gasteiger partial charge in [-0.3, -0.25) is 19.3 Å². The van der Waals surface area contributed by atoms with Crippen molar-refractivity contribution in [1.29, 1.82) is 0 Å². The zero-order chi connectivity index (χ0) is 17.4. The molecule has 0 aromatic heterocycles. The summed E-state index contributed by atoms with van der Waals surface area (Å²) in [4.78, 5) is 37.8. The molecule has 4 rings (SSSR count). The topological polar surface area (TPSA) is 74.7 Å². The van der Waals surface area contributed by atoms with Crippen molar-refractivity contribution in [1.82, 2.24) is 4.90 Å². The first-order chi connectivity index (χ1) is 11.2. The van der Waals surface area contributed by atoms with E-state index in [0.717, 1.165) is 35.1 Å². The zero-order valence-corrected chi connectivity index (χ0v) is 14.0. The summed E-state index contributed by atoms with van der Waals surface area (Å²) in [6.07, 6.45) is 5.87. The number of imide groups is 1. The smallest absolute Gasteiger partial charge is 0.253 e. The summed E-state index contributed by atoms with van der Waals surface area (Å²) < 4.78 is 0. The van der Waals surface area contributed by atoms with Gasteiger partial charge in [0.1, 0.15) is 5.60 Å². The minimum atomic E-state index is -1.39. The molecule has 5 heteroatoms. The molecule has 0 unspecified atom stereocenters. The summed E-state index contributed by atoms with van der Waals surface area (Å²) in [6.45, 7) is 5.60. The molecule has 3 aliphatic carbocycles. The average Bonchev–Trinajstić information content (AvgIpc) is 3.21. The number of rotatable bonds is 2.